The van der Waals surface area contributed by atoms with Gasteiger partial charge < -0.3 is 4.90 Å². The number of hydrogen-bond donors (Lipinski definition) is 0. The van der Waals surface area contributed by atoms with Crippen LogP contribution in [0.2, 0.25) is 0 Å². The summed E-state index contributed by atoms with van der Waals surface area (Å²) in [5, 5.41) is 0.0639. The van der Waals surface area contributed by atoms with Crippen molar-refractivity contribution in [1.29, 1.82) is 0 Å². The van der Waals surface area contributed by atoms with E-state index in [4.69, 9.17) is 4.98 Å². The minimum absolute atomic E-state index is 0.168. The van der Waals surface area contributed by atoms with Crippen molar-refractivity contribution in [3.05, 3.63) is 48.0 Å². The second-order valence-electron chi connectivity index (χ2n) is 7.94. The van der Waals surface area contributed by atoms with Gasteiger partial charge in [-0.3, -0.25) is 9.69 Å². The molecule has 1 heterocycles. The lowest BCUT2D eigenvalue weighted by molar-refractivity contribution is 0.0983. The number of amides is 1. The molecule has 0 atom stereocenters. The van der Waals surface area contributed by atoms with Crippen molar-refractivity contribution in [2.45, 2.75) is 42.7 Å². The molecule has 1 amide bonds. The Bertz CT molecular complexity index is 1220. The summed E-state index contributed by atoms with van der Waals surface area (Å²) < 4.78 is 26.4. The number of sulfone groups is 1. The summed E-state index contributed by atoms with van der Waals surface area (Å²) in [5.41, 5.74) is 1.20. The van der Waals surface area contributed by atoms with Gasteiger partial charge in [-0.05, 0) is 69.6 Å². The van der Waals surface area contributed by atoms with Gasteiger partial charge in [-0.1, -0.05) is 31.3 Å². The number of thiazole rings is 1. The highest BCUT2D eigenvalue weighted by Crippen LogP contribution is 2.32. The topological polar surface area (TPSA) is 70.6 Å². The van der Waals surface area contributed by atoms with Crippen LogP contribution in [-0.2, 0) is 9.84 Å². The fourth-order valence-electron chi connectivity index (χ4n) is 3.43. The lowest BCUT2D eigenvalue weighted by Crippen LogP contribution is -2.39. The van der Waals surface area contributed by atoms with Crippen LogP contribution in [0.3, 0.4) is 0 Å². The molecule has 0 aliphatic heterocycles. The highest BCUT2D eigenvalue weighted by atomic mass is 32.2. The Morgan fingerprint density at radius 1 is 1.09 bits per heavy atom. The second kappa shape index (κ2) is 11.0. The average Bonchev–Trinajstić information content (AvgIpc) is 3.24. The Labute approximate surface area is 204 Å². The molecule has 1 aromatic heterocycles. The number of likely N-dealkylation sites (N-methyl/N-ethyl adjacent to an activating group) is 1. The van der Waals surface area contributed by atoms with E-state index in [1.165, 1.54) is 17.4 Å². The highest BCUT2D eigenvalue weighted by molar-refractivity contribution is 7.98. The first kappa shape index (κ1) is 25.7. The standard InChI is InChI=1S/C24H31N3O3S3/c1-6-26(7-2)13-14-27(24-25-21-12-11-19(31-5)16-22(21)32-24)23(28)18-9-8-10-20(15-18)33(29,30)17(3)4/h8-12,15-17H,6-7,13-14H2,1-5H3. The lowest BCUT2D eigenvalue weighted by Gasteiger charge is -2.25. The van der Waals surface area contributed by atoms with Crippen LogP contribution in [0.1, 0.15) is 38.1 Å². The van der Waals surface area contributed by atoms with E-state index in [2.05, 4.69) is 24.8 Å². The molecule has 0 aliphatic carbocycles. The molecule has 0 saturated carbocycles. The number of thioether (sulfide) groups is 1. The molecule has 178 valence electrons. The number of hydrogen-bond acceptors (Lipinski definition) is 7. The van der Waals surface area contributed by atoms with Gasteiger partial charge in [0, 0.05) is 23.5 Å². The molecule has 0 radical (unpaired) electrons. The molecule has 0 saturated heterocycles. The predicted molar refractivity (Wildman–Crippen MR) is 140 cm³/mol. The second-order valence-corrected chi connectivity index (χ2v) is 12.3. The van der Waals surface area contributed by atoms with E-state index in [9.17, 15) is 13.2 Å². The number of rotatable bonds is 10. The van der Waals surface area contributed by atoms with Crippen LogP contribution in [0.25, 0.3) is 10.2 Å². The normalized spacial score (nSPS) is 12.1. The lowest BCUT2D eigenvalue weighted by atomic mass is 10.2. The van der Waals surface area contributed by atoms with Crippen molar-refractivity contribution in [3.63, 3.8) is 0 Å². The average molecular weight is 506 g/mol. The van der Waals surface area contributed by atoms with E-state index in [0.717, 1.165) is 28.2 Å². The quantitative estimate of drug-likeness (QED) is 0.353. The summed E-state index contributed by atoms with van der Waals surface area (Å²) >= 11 is 3.15. The van der Waals surface area contributed by atoms with Crippen molar-refractivity contribution in [2.24, 2.45) is 0 Å². The maximum Gasteiger partial charge on any atom is 0.260 e. The zero-order valence-electron chi connectivity index (χ0n) is 19.7. The smallest absolute Gasteiger partial charge is 0.260 e. The van der Waals surface area contributed by atoms with Crippen LogP contribution >= 0.6 is 23.1 Å². The Morgan fingerprint density at radius 3 is 2.45 bits per heavy atom. The fraction of sp³-hybridized carbons (Fsp3) is 0.417. The van der Waals surface area contributed by atoms with Crippen LogP contribution in [0.5, 0.6) is 0 Å². The zero-order chi connectivity index (χ0) is 24.2. The summed E-state index contributed by atoms with van der Waals surface area (Å²) in [4.78, 5) is 23.6. The van der Waals surface area contributed by atoms with Gasteiger partial charge in [-0.15, -0.1) is 11.8 Å². The van der Waals surface area contributed by atoms with Gasteiger partial charge in [0.15, 0.2) is 15.0 Å². The third kappa shape index (κ3) is 5.77. The minimum Gasteiger partial charge on any atom is -0.302 e. The number of carbonyl (C=O) groups is 1. The van der Waals surface area contributed by atoms with Crippen molar-refractivity contribution in [1.82, 2.24) is 9.88 Å². The molecule has 0 spiro atoms. The summed E-state index contributed by atoms with van der Waals surface area (Å²) in [6, 6.07) is 12.4. The van der Waals surface area contributed by atoms with Crippen LogP contribution in [0.15, 0.2) is 52.3 Å². The monoisotopic (exact) mass is 505 g/mol. The van der Waals surface area contributed by atoms with E-state index in [1.807, 2.05) is 18.4 Å². The Hall–Kier alpha value is -1.94. The number of nitrogens with zero attached hydrogens (tertiary/aromatic N) is 3. The molecule has 0 unspecified atom stereocenters. The van der Waals surface area contributed by atoms with E-state index < -0.39 is 15.1 Å². The van der Waals surface area contributed by atoms with E-state index in [0.29, 0.717) is 23.8 Å². The van der Waals surface area contributed by atoms with Crippen LogP contribution in [0, 0.1) is 0 Å². The van der Waals surface area contributed by atoms with Crippen molar-refractivity contribution < 1.29 is 13.2 Å². The molecule has 3 rings (SSSR count). The summed E-state index contributed by atoms with van der Waals surface area (Å²) in [7, 11) is -3.48. The highest BCUT2D eigenvalue weighted by Gasteiger charge is 2.25. The number of fused-ring (bicyclic) bond motifs is 1. The third-order valence-corrected chi connectivity index (χ3v) is 9.54. The Balaban J connectivity index is 2.02. The summed E-state index contributed by atoms with van der Waals surface area (Å²) in [6.45, 7) is 10.4. The predicted octanol–water partition coefficient (Wildman–Crippen LogP) is 5.19. The van der Waals surface area contributed by atoms with E-state index >= 15 is 0 Å². The molecule has 9 heteroatoms. The molecular formula is C24H31N3O3S3. The Morgan fingerprint density at radius 2 is 1.82 bits per heavy atom. The van der Waals surface area contributed by atoms with E-state index in [1.54, 1.807) is 48.7 Å². The van der Waals surface area contributed by atoms with Crippen molar-refractivity contribution >= 4 is 54.2 Å². The molecule has 0 N–H and O–H groups in total. The van der Waals surface area contributed by atoms with E-state index in [-0.39, 0.29) is 10.8 Å². The summed E-state index contributed by atoms with van der Waals surface area (Å²) in [5.74, 6) is -0.243. The molecular weight excluding hydrogens is 474 g/mol. The molecule has 0 bridgehead atoms. The van der Waals surface area contributed by atoms with Gasteiger partial charge in [0.1, 0.15) is 0 Å². The molecule has 0 fully saturated rings. The number of carbonyl (C=O) groups excluding carboxylic acids is 1. The van der Waals surface area contributed by atoms with Gasteiger partial charge in [-0.25, -0.2) is 13.4 Å². The van der Waals surface area contributed by atoms with Crippen molar-refractivity contribution in [3.8, 4) is 0 Å². The van der Waals surface area contributed by atoms with Crippen LogP contribution in [0.4, 0.5) is 5.13 Å². The molecule has 6 nitrogen and oxygen atoms in total. The third-order valence-electron chi connectivity index (χ3n) is 5.62. The largest absolute Gasteiger partial charge is 0.302 e. The molecule has 3 aromatic rings. The van der Waals surface area contributed by atoms with Gasteiger partial charge >= 0.3 is 0 Å². The van der Waals surface area contributed by atoms with Gasteiger partial charge in [-0.2, -0.15) is 0 Å². The molecule has 2 aromatic carbocycles. The zero-order valence-corrected chi connectivity index (χ0v) is 22.2. The molecule has 0 aliphatic rings. The maximum atomic E-state index is 13.7. The first-order valence-electron chi connectivity index (χ1n) is 11.0. The minimum atomic E-state index is -3.48. The Kier molecular flexibility index (Phi) is 8.55. The van der Waals surface area contributed by atoms with Crippen LogP contribution in [-0.4, -0.2) is 61.9 Å². The number of benzene rings is 2. The number of anilines is 1. The molecule has 33 heavy (non-hydrogen) atoms. The van der Waals surface area contributed by atoms with Gasteiger partial charge in [0.05, 0.1) is 20.4 Å². The first-order chi connectivity index (χ1) is 15.7. The number of aromatic nitrogens is 1. The van der Waals surface area contributed by atoms with Gasteiger partial charge in [0.2, 0.25) is 0 Å². The first-order valence-corrected chi connectivity index (χ1v) is 14.6. The van der Waals surface area contributed by atoms with Crippen molar-refractivity contribution in [2.75, 3.05) is 37.3 Å². The van der Waals surface area contributed by atoms with Gasteiger partial charge in [0.25, 0.3) is 5.91 Å². The maximum absolute atomic E-state index is 13.7. The fourth-order valence-corrected chi connectivity index (χ4v) is 6.08. The van der Waals surface area contributed by atoms with Crippen LogP contribution < -0.4 is 4.90 Å². The SMILES string of the molecule is CCN(CC)CCN(C(=O)c1cccc(S(=O)(=O)C(C)C)c1)c1nc2ccc(SC)cc2s1. The summed E-state index contributed by atoms with van der Waals surface area (Å²) in [6.07, 6.45) is 2.03.